The van der Waals surface area contributed by atoms with E-state index in [0.29, 0.717) is 19.0 Å². The van der Waals surface area contributed by atoms with Crippen molar-refractivity contribution < 1.29 is 8.42 Å². The van der Waals surface area contributed by atoms with Gasteiger partial charge in [0.1, 0.15) is 4.90 Å². The van der Waals surface area contributed by atoms with Crippen molar-refractivity contribution in [1.29, 1.82) is 0 Å². The van der Waals surface area contributed by atoms with E-state index in [-0.39, 0.29) is 4.90 Å². The fraction of sp³-hybridized carbons (Fsp3) is 0.786. The summed E-state index contributed by atoms with van der Waals surface area (Å²) >= 11 is 0. The van der Waals surface area contributed by atoms with Gasteiger partial charge in [-0.3, -0.25) is 4.68 Å². The zero-order valence-corrected chi connectivity index (χ0v) is 13.7. The molecule has 6 nitrogen and oxygen atoms in total. The number of rotatable bonds is 7. The zero-order valence-electron chi connectivity index (χ0n) is 12.9. The first-order valence-electron chi connectivity index (χ1n) is 7.68. The number of nitrogens with one attached hydrogen (secondary N) is 2. The second kappa shape index (κ2) is 7.38. The SMILES string of the molecule is CNCCn1cc(S(=O)(=O)NCC2CCC(C)CC2)cn1. The van der Waals surface area contributed by atoms with Crippen LogP contribution in [0.5, 0.6) is 0 Å². The fourth-order valence-electron chi connectivity index (χ4n) is 2.68. The minimum Gasteiger partial charge on any atom is -0.318 e. The van der Waals surface area contributed by atoms with Crippen molar-refractivity contribution in [2.75, 3.05) is 20.1 Å². The molecule has 2 N–H and O–H groups in total. The Morgan fingerprint density at radius 2 is 2.05 bits per heavy atom. The average Bonchev–Trinajstić information content (AvgIpc) is 2.94. The second-order valence-corrected chi connectivity index (χ2v) is 7.79. The summed E-state index contributed by atoms with van der Waals surface area (Å²) < 4.78 is 28.9. The lowest BCUT2D eigenvalue weighted by molar-refractivity contribution is 0.290. The maximum absolute atomic E-state index is 12.2. The molecule has 7 heteroatoms. The van der Waals surface area contributed by atoms with Gasteiger partial charge in [-0.2, -0.15) is 5.10 Å². The van der Waals surface area contributed by atoms with Gasteiger partial charge in [0, 0.05) is 19.3 Å². The molecule has 21 heavy (non-hydrogen) atoms. The molecule has 1 aromatic rings. The highest BCUT2D eigenvalue weighted by molar-refractivity contribution is 7.89. The van der Waals surface area contributed by atoms with Gasteiger partial charge < -0.3 is 5.32 Å². The van der Waals surface area contributed by atoms with Gasteiger partial charge in [-0.1, -0.05) is 19.8 Å². The number of hydrogen-bond donors (Lipinski definition) is 2. The van der Waals surface area contributed by atoms with E-state index in [0.717, 1.165) is 25.3 Å². The van der Waals surface area contributed by atoms with Crippen molar-refractivity contribution in [3.05, 3.63) is 12.4 Å². The van der Waals surface area contributed by atoms with Crippen LogP contribution in [0.2, 0.25) is 0 Å². The number of aromatic nitrogens is 2. The van der Waals surface area contributed by atoms with Crippen LogP contribution in [0.25, 0.3) is 0 Å². The minimum atomic E-state index is -3.43. The quantitative estimate of drug-likeness (QED) is 0.793. The summed E-state index contributed by atoms with van der Waals surface area (Å²) in [6.07, 6.45) is 7.64. The van der Waals surface area contributed by atoms with Crippen LogP contribution in [0.15, 0.2) is 17.3 Å². The maximum atomic E-state index is 12.2. The van der Waals surface area contributed by atoms with E-state index < -0.39 is 10.0 Å². The van der Waals surface area contributed by atoms with Crippen LogP contribution in [-0.2, 0) is 16.6 Å². The Kier molecular flexibility index (Phi) is 5.78. The maximum Gasteiger partial charge on any atom is 0.243 e. The lowest BCUT2D eigenvalue weighted by atomic mass is 9.83. The first-order chi connectivity index (χ1) is 10.0. The van der Waals surface area contributed by atoms with E-state index in [1.807, 2.05) is 7.05 Å². The van der Waals surface area contributed by atoms with Crippen molar-refractivity contribution in [2.24, 2.45) is 11.8 Å². The summed E-state index contributed by atoms with van der Waals surface area (Å²) in [5.74, 6) is 1.25. The predicted octanol–water partition coefficient (Wildman–Crippen LogP) is 1.21. The molecule has 0 bridgehead atoms. The molecular weight excluding hydrogens is 288 g/mol. The molecule has 1 heterocycles. The van der Waals surface area contributed by atoms with Crippen LogP contribution in [0.3, 0.4) is 0 Å². The molecule has 0 unspecified atom stereocenters. The van der Waals surface area contributed by atoms with Gasteiger partial charge in [0.2, 0.25) is 10.0 Å². The molecule has 0 aromatic carbocycles. The van der Waals surface area contributed by atoms with Crippen LogP contribution >= 0.6 is 0 Å². The lowest BCUT2D eigenvalue weighted by Crippen LogP contribution is -2.31. The summed E-state index contributed by atoms with van der Waals surface area (Å²) in [6, 6.07) is 0. The molecule has 0 saturated heterocycles. The zero-order chi connectivity index (χ0) is 15.3. The van der Waals surface area contributed by atoms with Crippen molar-refractivity contribution in [2.45, 2.75) is 44.0 Å². The first kappa shape index (κ1) is 16.5. The molecule has 0 spiro atoms. The van der Waals surface area contributed by atoms with Gasteiger partial charge in [-0.05, 0) is 31.7 Å². The summed E-state index contributed by atoms with van der Waals surface area (Å²) in [6.45, 7) is 4.22. The van der Waals surface area contributed by atoms with Crippen molar-refractivity contribution in [3.63, 3.8) is 0 Å². The Labute approximate surface area is 127 Å². The Morgan fingerprint density at radius 3 is 2.71 bits per heavy atom. The van der Waals surface area contributed by atoms with E-state index in [9.17, 15) is 8.42 Å². The summed E-state index contributed by atoms with van der Waals surface area (Å²) in [5.41, 5.74) is 0. The monoisotopic (exact) mass is 314 g/mol. The molecule has 2 rings (SSSR count). The van der Waals surface area contributed by atoms with Crippen LogP contribution in [0.4, 0.5) is 0 Å². The number of nitrogens with zero attached hydrogens (tertiary/aromatic N) is 2. The summed E-state index contributed by atoms with van der Waals surface area (Å²) in [5, 5.41) is 7.09. The van der Waals surface area contributed by atoms with Gasteiger partial charge in [-0.25, -0.2) is 13.1 Å². The summed E-state index contributed by atoms with van der Waals surface area (Å²) in [7, 11) is -1.58. The highest BCUT2D eigenvalue weighted by atomic mass is 32.2. The third-order valence-electron chi connectivity index (χ3n) is 4.21. The van der Waals surface area contributed by atoms with Gasteiger partial charge in [0.05, 0.1) is 12.7 Å². The van der Waals surface area contributed by atoms with Crippen LogP contribution in [0.1, 0.15) is 32.6 Å². The molecule has 1 aromatic heterocycles. The van der Waals surface area contributed by atoms with Crippen LogP contribution < -0.4 is 10.0 Å². The molecule has 0 amide bonds. The molecule has 0 aliphatic heterocycles. The van der Waals surface area contributed by atoms with Gasteiger partial charge in [0.15, 0.2) is 0 Å². The van der Waals surface area contributed by atoms with E-state index >= 15 is 0 Å². The van der Waals surface area contributed by atoms with Gasteiger partial charge in [0.25, 0.3) is 0 Å². The Hall–Kier alpha value is -0.920. The van der Waals surface area contributed by atoms with Gasteiger partial charge >= 0.3 is 0 Å². The van der Waals surface area contributed by atoms with Crippen molar-refractivity contribution in [3.8, 4) is 0 Å². The molecule has 0 radical (unpaired) electrons. The third kappa shape index (κ3) is 4.79. The topological polar surface area (TPSA) is 76.0 Å². The molecule has 1 fully saturated rings. The highest BCUT2D eigenvalue weighted by Gasteiger charge is 2.22. The molecule has 1 aliphatic rings. The summed E-state index contributed by atoms with van der Waals surface area (Å²) in [4.78, 5) is 0.253. The first-order valence-corrected chi connectivity index (χ1v) is 9.16. The second-order valence-electron chi connectivity index (χ2n) is 6.02. The van der Waals surface area contributed by atoms with E-state index in [1.54, 1.807) is 10.9 Å². The Balaban J connectivity index is 1.87. The van der Waals surface area contributed by atoms with Crippen molar-refractivity contribution >= 4 is 10.0 Å². The lowest BCUT2D eigenvalue weighted by Gasteiger charge is -2.26. The minimum absolute atomic E-state index is 0.253. The van der Waals surface area contributed by atoms with Crippen LogP contribution in [0, 0.1) is 11.8 Å². The normalized spacial score (nSPS) is 23.3. The van der Waals surface area contributed by atoms with Crippen LogP contribution in [-0.4, -0.2) is 38.3 Å². The standard InChI is InChI=1S/C14H26N4O2S/c1-12-3-5-13(6-4-12)9-17-21(19,20)14-10-16-18(11-14)8-7-15-2/h10-13,15,17H,3-9H2,1-2H3. The predicted molar refractivity (Wildman–Crippen MR) is 82.5 cm³/mol. The molecule has 0 atom stereocenters. The fourth-order valence-corrected chi connectivity index (χ4v) is 3.74. The molecular formula is C14H26N4O2S. The molecule has 1 aliphatic carbocycles. The van der Waals surface area contributed by atoms with Crippen molar-refractivity contribution in [1.82, 2.24) is 19.8 Å². The Morgan fingerprint density at radius 1 is 1.33 bits per heavy atom. The average molecular weight is 314 g/mol. The van der Waals surface area contributed by atoms with E-state index in [1.165, 1.54) is 19.0 Å². The van der Waals surface area contributed by atoms with E-state index in [4.69, 9.17) is 0 Å². The smallest absolute Gasteiger partial charge is 0.243 e. The molecule has 120 valence electrons. The van der Waals surface area contributed by atoms with Gasteiger partial charge in [-0.15, -0.1) is 0 Å². The van der Waals surface area contributed by atoms with E-state index in [2.05, 4.69) is 22.1 Å². The number of hydrogen-bond acceptors (Lipinski definition) is 4. The third-order valence-corrected chi connectivity index (χ3v) is 5.59. The molecule has 1 saturated carbocycles. The number of likely N-dealkylation sites (N-methyl/N-ethyl adjacent to an activating group) is 1. The largest absolute Gasteiger partial charge is 0.318 e. The Bertz CT molecular complexity index is 533. The number of sulfonamides is 1. The highest BCUT2D eigenvalue weighted by Crippen LogP contribution is 2.27.